The van der Waals surface area contributed by atoms with Crippen LogP contribution >= 0.6 is 11.6 Å². The lowest BCUT2D eigenvalue weighted by molar-refractivity contribution is 1.58. The van der Waals surface area contributed by atoms with E-state index in [0.717, 1.165) is 16.4 Å². The molecule has 0 bridgehead atoms. The second-order valence-corrected chi connectivity index (χ2v) is 6.45. The Labute approximate surface area is 145 Å². The van der Waals surface area contributed by atoms with E-state index in [1.165, 1.54) is 33.0 Å². The molecule has 0 saturated heterocycles. The van der Waals surface area contributed by atoms with Crippen LogP contribution in [0.3, 0.4) is 0 Å². The molecule has 0 aliphatic heterocycles. The molecule has 1 aliphatic rings. The van der Waals surface area contributed by atoms with Gasteiger partial charge >= 0.3 is 0 Å². The summed E-state index contributed by atoms with van der Waals surface area (Å²) in [6.07, 6.45) is 0. The minimum atomic E-state index is 0.726. The summed E-state index contributed by atoms with van der Waals surface area (Å²) in [7, 11) is 0. The Morgan fingerprint density at radius 2 is 1.21 bits per heavy atom. The first-order valence-corrected chi connectivity index (χ1v) is 8.38. The van der Waals surface area contributed by atoms with Crippen molar-refractivity contribution in [3.63, 3.8) is 0 Å². The molecule has 0 unspecified atom stereocenters. The standard InChI is InChI=1S/C22H14ClN/c23-19-10-3-4-11-21(19)24-20-13-12-17-15-7-2-1-6-14(15)16-8-5-9-18(20)22(16)17/h1-13,24H. The fourth-order valence-electron chi connectivity index (χ4n) is 3.63. The van der Waals surface area contributed by atoms with Crippen molar-refractivity contribution in [3.8, 4) is 22.3 Å². The van der Waals surface area contributed by atoms with Crippen molar-refractivity contribution in [2.75, 3.05) is 5.32 Å². The van der Waals surface area contributed by atoms with Gasteiger partial charge in [-0.1, -0.05) is 72.3 Å². The minimum absolute atomic E-state index is 0.726. The number of rotatable bonds is 2. The molecule has 1 N–H and O–H groups in total. The Balaban J connectivity index is 1.75. The van der Waals surface area contributed by atoms with Gasteiger partial charge in [-0.2, -0.15) is 0 Å². The molecule has 24 heavy (non-hydrogen) atoms. The van der Waals surface area contributed by atoms with Crippen molar-refractivity contribution in [3.05, 3.63) is 83.9 Å². The number of halogens is 1. The highest BCUT2D eigenvalue weighted by atomic mass is 35.5. The van der Waals surface area contributed by atoms with Gasteiger partial charge in [-0.15, -0.1) is 0 Å². The smallest absolute Gasteiger partial charge is 0.0640 e. The molecule has 0 spiro atoms. The molecule has 0 fully saturated rings. The zero-order valence-corrected chi connectivity index (χ0v) is 13.6. The first-order chi connectivity index (χ1) is 11.8. The van der Waals surface area contributed by atoms with Gasteiger partial charge in [0.15, 0.2) is 0 Å². The second-order valence-electron chi connectivity index (χ2n) is 6.04. The second kappa shape index (κ2) is 5.12. The van der Waals surface area contributed by atoms with Gasteiger partial charge in [0.1, 0.15) is 0 Å². The molecule has 0 heterocycles. The summed E-state index contributed by atoms with van der Waals surface area (Å²) in [4.78, 5) is 0. The molecule has 0 radical (unpaired) electrons. The van der Waals surface area contributed by atoms with Crippen LogP contribution in [0.4, 0.5) is 11.4 Å². The Morgan fingerprint density at radius 1 is 0.542 bits per heavy atom. The van der Waals surface area contributed by atoms with Gasteiger partial charge in [-0.3, -0.25) is 0 Å². The van der Waals surface area contributed by atoms with Gasteiger partial charge in [0.25, 0.3) is 0 Å². The molecule has 4 aromatic carbocycles. The van der Waals surface area contributed by atoms with Crippen molar-refractivity contribution >= 4 is 33.7 Å². The van der Waals surface area contributed by atoms with Gasteiger partial charge in [0, 0.05) is 11.1 Å². The van der Waals surface area contributed by atoms with Gasteiger partial charge in [-0.05, 0) is 45.8 Å². The number of hydrogen-bond acceptors (Lipinski definition) is 1. The average molecular weight is 328 g/mol. The third-order valence-corrected chi connectivity index (χ3v) is 5.02. The summed E-state index contributed by atoms with van der Waals surface area (Å²) in [5.74, 6) is 0. The highest BCUT2D eigenvalue weighted by Gasteiger charge is 2.21. The Hall–Kier alpha value is -2.77. The molecule has 0 saturated carbocycles. The summed E-state index contributed by atoms with van der Waals surface area (Å²) < 4.78 is 0. The lowest BCUT2D eigenvalue weighted by atomic mass is 10.0. The van der Waals surface area contributed by atoms with E-state index in [9.17, 15) is 0 Å². The van der Waals surface area contributed by atoms with Gasteiger partial charge < -0.3 is 5.32 Å². The van der Waals surface area contributed by atoms with E-state index in [4.69, 9.17) is 11.6 Å². The third-order valence-electron chi connectivity index (χ3n) is 4.69. The van der Waals surface area contributed by atoms with Crippen LogP contribution in [0.1, 0.15) is 0 Å². The predicted octanol–water partition coefficient (Wildman–Crippen LogP) is 6.88. The Morgan fingerprint density at radius 3 is 2.00 bits per heavy atom. The van der Waals surface area contributed by atoms with Crippen molar-refractivity contribution in [1.29, 1.82) is 0 Å². The molecule has 0 aromatic heterocycles. The number of benzene rings is 4. The average Bonchev–Trinajstić information content (AvgIpc) is 2.95. The fraction of sp³-hybridized carbons (Fsp3) is 0. The Bertz CT molecular complexity index is 1070. The monoisotopic (exact) mass is 327 g/mol. The molecular formula is C22H14ClN. The number of para-hydroxylation sites is 1. The van der Waals surface area contributed by atoms with Crippen LogP contribution in [-0.4, -0.2) is 0 Å². The zero-order valence-electron chi connectivity index (χ0n) is 12.9. The van der Waals surface area contributed by atoms with Crippen LogP contribution in [-0.2, 0) is 0 Å². The number of fused-ring (bicyclic) bond motifs is 3. The molecule has 1 nitrogen and oxygen atoms in total. The van der Waals surface area contributed by atoms with E-state index in [-0.39, 0.29) is 0 Å². The maximum Gasteiger partial charge on any atom is 0.0640 e. The minimum Gasteiger partial charge on any atom is -0.354 e. The molecule has 0 amide bonds. The van der Waals surface area contributed by atoms with Crippen molar-refractivity contribution in [2.24, 2.45) is 0 Å². The summed E-state index contributed by atoms with van der Waals surface area (Å²) in [5, 5.41) is 6.76. The van der Waals surface area contributed by atoms with E-state index >= 15 is 0 Å². The lowest BCUT2D eigenvalue weighted by Crippen LogP contribution is -1.92. The maximum atomic E-state index is 6.31. The van der Waals surface area contributed by atoms with Crippen LogP contribution in [0.5, 0.6) is 0 Å². The molecule has 1 aliphatic carbocycles. The maximum absolute atomic E-state index is 6.31. The predicted molar refractivity (Wildman–Crippen MR) is 103 cm³/mol. The van der Waals surface area contributed by atoms with E-state index in [2.05, 4.69) is 59.9 Å². The van der Waals surface area contributed by atoms with E-state index in [1.807, 2.05) is 24.3 Å². The van der Waals surface area contributed by atoms with Crippen LogP contribution in [0.25, 0.3) is 33.0 Å². The first kappa shape index (κ1) is 13.6. The number of hydrogen-bond donors (Lipinski definition) is 1. The highest BCUT2D eigenvalue weighted by molar-refractivity contribution is 6.33. The van der Waals surface area contributed by atoms with Crippen molar-refractivity contribution in [1.82, 2.24) is 0 Å². The van der Waals surface area contributed by atoms with Gasteiger partial charge in [0.2, 0.25) is 0 Å². The fourth-order valence-corrected chi connectivity index (χ4v) is 3.81. The van der Waals surface area contributed by atoms with Crippen LogP contribution in [0.2, 0.25) is 5.02 Å². The third kappa shape index (κ3) is 1.88. The number of anilines is 2. The largest absolute Gasteiger partial charge is 0.354 e. The van der Waals surface area contributed by atoms with E-state index in [1.54, 1.807) is 0 Å². The lowest BCUT2D eigenvalue weighted by Gasteiger charge is -2.12. The van der Waals surface area contributed by atoms with Gasteiger partial charge in [-0.25, -0.2) is 0 Å². The summed E-state index contributed by atoms with van der Waals surface area (Å²) in [6.45, 7) is 0. The van der Waals surface area contributed by atoms with Crippen LogP contribution < -0.4 is 5.32 Å². The molecular weight excluding hydrogens is 314 g/mol. The molecule has 0 atom stereocenters. The first-order valence-electron chi connectivity index (χ1n) is 8.00. The van der Waals surface area contributed by atoms with Crippen LogP contribution in [0, 0.1) is 0 Å². The quantitative estimate of drug-likeness (QED) is 0.372. The topological polar surface area (TPSA) is 12.0 Å². The molecule has 114 valence electrons. The summed E-state index contributed by atoms with van der Waals surface area (Å²) in [5.41, 5.74) is 7.25. The van der Waals surface area contributed by atoms with Crippen molar-refractivity contribution in [2.45, 2.75) is 0 Å². The summed E-state index contributed by atoms with van der Waals surface area (Å²) >= 11 is 6.31. The van der Waals surface area contributed by atoms with E-state index in [0.29, 0.717) is 0 Å². The Kier molecular flexibility index (Phi) is 2.91. The summed E-state index contributed by atoms with van der Waals surface area (Å²) in [6, 6.07) is 27.3. The van der Waals surface area contributed by atoms with Crippen LogP contribution in [0.15, 0.2) is 78.9 Å². The van der Waals surface area contributed by atoms with E-state index < -0.39 is 0 Å². The number of nitrogens with one attached hydrogen (secondary N) is 1. The van der Waals surface area contributed by atoms with Gasteiger partial charge in [0.05, 0.1) is 10.7 Å². The highest BCUT2D eigenvalue weighted by Crippen LogP contribution is 2.48. The van der Waals surface area contributed by atoms with Crippen molar-refractivity contribution < 1.29 is 0 Å². The molecule has 2 heteroatoms. The molecule has 4 aromatic rings. The normalized spacial score (nSPS) is 11.5. The molecule has 5 rings (SSSR count). The zero-order chi connectivity index (χ0) is 16.1. The SMILES string of the molecule is Clc1ccccc1Nc1ccc2c3c(cccc13)-c1ccccc1-2.